The number of carbonyl (C=O) groups is 1. The summed E-state index contributed by atoms with van der Waals surface area (Å²) in [6, 6.07) is 23.2. The minimum Gasteiger partial charge on any atom is -0.497 e. The Kier molecular flexibility index (Phi) is 6.58. The Morgan fingerprint density at radius 1 is 1.03 bits per heavy atom. The fourth-order valence-corrected chi connectivity index (χ4v) is 5.09. The summed E-state index contributed by atoms with van der Waals surface area (Å²) in [4.78, 5) is 15.2. The minimum absolute atomic E-state index is 0.0610. The molecule has 0 aliphatic carbocycles. The Labute approximate surface area is 188 Å². The number of hydrogen-bond donors (Lipinski definition) is 1. The van der Waals surface area contributed by atoms with Crippen LogP contribution in [-0.2, 0) is 16.6 Å². The van der Waals surface area contributed by atoms with Gasteiger partial charge in [0.15, 0.2) is 0 Å². The van der Waals surface area contributed by atoms with Gasteiger partial charge in [-0.05, 0) is 54.3 Å². The van der Waals surface area contributed by atoms with E-state index >= 15 is 0 Å². The van der Waals surface area contributed by atoms with Crippen LogP contribution in [0.2, 0.25) is 0 Å². The van der Waals surface area contributed by atoms with Crippen LogP contribution in [0.4, 0.5) is 0 Å². The molecular formula is C25H26N2O4S. The molecule has 1 aliphatic rings. The van der Waals surface area contributed by atoms with Gasteiger partial charge in [0.1, 0.15) is 5.75 Å². The summed E-state index contributed by atoms with van der Waals surface area (Å²) in [6.45, 7) is 0.815. The van der Waals surface area contributed by atoms with Gasteiger partial charge in [0.2, 0.25) is 10.0 Å². The number of rotatable bonds is 7. The van der Waals surface area contributed by atoms with Crippen molar-refractivity contribution in [3.8, 4) is 5.75 Å². The zero-order chi connectivity index (χ0) is 22.6. The van der Waals surface area contributed by atoms with Crippen LogP contribution in [0.25, 0.3) is 0 Å². The summed E-state index contributed by atoms with van der Waals surface area (Å²) in [5.74, 6) is 0.579. The number of likely N-dealkylation sites (tertiary alicyclic amines) is 1. The van der Waals surface area contributed by atoms with Crippen LogP contribution >= 0.6 is 0 Å². The molecule has 32 heavy (non-hydrogen) atoms. The second-order valence-electron chi connectivity index (χ2n) is 7.77. The summed E-state index contributed by atoms with van der Waals surface area (Å²) in [7, 11) is -2.13. The van der Waals surface area contributed by atoms with Crippen molar-refractivity contribution < 1.29 is 17.9 Å². The smallest absolute Gasteiger partial charge is 0.254 e. The predicted octanol–water partition coefficient (Wildman–Crippen LogP) is 4.15. The van der Waals surface area contributed by atoms with Crippen molar-refractivity contribution in [1.29, 1.82) is 0 Å². The number of nitrogens with one attached hydrogen (secondary N) is 1. The number of sulfonamides is 1. The van der Waals surface area contributed by atoms with Crippen molar-refractivity contribution >= 4 is 15.9 Å². The number of hydrogen-bond acceptors (Lipinski definition) is 4. The molecule has 1 amide bonds. The van der Waals surface area contributed by atoms with Crippen LogP contribution in [0, 0.1) is 0 Å². The third kappa shape index (κ3) is 4.84. The zero-order valence-corrected chi connectivity index (χ0v) is 18.7. The minimum atomic E-state index is -3.75. The number of methoxy groups -OCH3 is 1. The Bertz CT molecular complexity index is 1200. The molecular weight excluding hydrogens is 424 g/mol. The highest BCUT2D eigenvalue weighted by molar-refractivity contribution is 7.89. The Morgan fingerprint density at radius 2 is 1.81 bits per heavy atom. The van der Waals surface area contributed by atoms with Crippen LogP contribution in [0.1, 0.15) is 40.4 Å². The molecule has 1 atom stereocenters. The first-order valence-corrected chi connectivity index (χ1v) is 12.0. The molecule has 0 saturated carbocycles. The predicted molar refractivity (Wildman–Crippen MR) is 123 cm³/mol. The van der Waals surface area contributed by atoms with E-state index in [0.29, 0.717) is 12.1 Å². The normalized spacial score (nSPS) is 16.2. The SMILES string of the molecule is COc1cccc(C2CCCN2C(=O)c2cccc(S(=O)(=O)NCc3ccccc3)c2)c1. The number of amides is 1. The number of benzene rings is 3. The fourth-order valence-electron chi connectivity index (χ4n) is 4.02. The third-order valence-electron chi connectivity index (χ3n) is 5.69. The number of nitrogens with zero attached hydrogens (tertiary/aromatic N) is 1. The van der Waals surface area contributed by atoms with Gasteiger partial charge in [0, 0.05) is 18.7 Å². The highest BCUT2D eigenvalue weighted by Gasteiger charge is 2.31. The molecule has 7 heteroatoms. The number of carbonyl (C=O) groups excluding carboxylic acids is 1. The van der Waals surface area contributed by atoms with Gasteiger partial charge in [-0.3, -0.25) is 4.79 Å². The van der Waals surface area contributed by atoms with Gasteiger partial charge < -0.3 is 9.64 Å². The second-order valence-corrected chi connectivity index (χ2v) is 9.54. The van der Waals surface area contributed by atoms with E-state index in [1.165, 1.54) is 12.1 Å². The lowest BCUT2D eigenvalue weighted by atomic mass is 10.0. The van der Waals surface area contributed by atoms with Crippen molar-refractivity contribution in [2.75, 3.05) is 13.7 Å². The van der Waals surface area contributed by atoms with Gasteiger partial charge in [-0.15, -0.1) is 0 Å². The van der Waals surface area contributed by atoms with E-state index in [1.54, 1.807) is 19.2 Å². The molecule has 3 aromatic carbocycles. The second kappa shape index (κ2) is 9.54. The summed E-state index contributed by atoms with van der Waals surface area (Å²) in [6.07, 6.45) is 1.75. The average Bonchev–Trinajstić information content (AvgIpc) is 3.33. The first kappa shape index (κ1) is 22.0. The molecule has 0 spiro atoms. The topological polar surface area (TPSA) is 75.7 Å². The van der Waals surface area contributed by atoms with Crippen molar-refractivity contribution in [2.24, 2.45) is 0 Å². The highest BCUT2D eigenvalue weighted by Crippen LogP contribution is 2.34. The van der Waals surface area contributed by atoms with Crippen molar-refractivity contribution in [3.63, 3.8) is 0 Å². The third-order valence-corrected chi connectivity index (χ3v) is 7.09. The van der Waals surface area contributed by atoms with Gasteiger partial charge in [0.05, 0.1) is 18.0 Å². The summed E-state index contributed by atoms with van der Waals surface area (Å²) < 4.78 is 33.5. The average molecular weight is 451 g/mol. The van der Waals surface area contributed by atoms with Gasteiger partial charge in [0.25, 0.3) is 5.91 Å². The Hall–Kier alpha value is -3.16. The van der Waals surface area contributed by atoms with E-state index < -0.39 is 10.0 Å². The Morgan fingerprint density at radius 3 is 2.59 bits per heavy atom. The summed E-state index contributed by atoms with van der Waals surface area (Å²) in [5, 5.41) is 0. The van der Waals surface area contributed by atoms with E-state index in [2.05, 4.69) is 4.72 Å². The van der Waals surface area contributed by atoms with Crippen molar-refractivity contribution in [1.82, 2.24) is 9.62 Å². The van der Waals surface area contributed by atoms with Crippen molar-refractivity contribution in [2.45, 2.75) is 30.3 Å². The molecule has 1 saturated heterocycles. The highest BCUT2D eigenvalue weighted by atomic mass is 32.2. The quantitative estimate of drug-likeness (QED) is 0.587. The molecule has 0 aromatic heterocycles. The van der Waals surface area contributed by atoms with Crippen LogP contribution in [0.15, 0.2) is 83.8 Å². The molecule has 166 valence electrons. The van der Waals surface area contributed by atoms with E-state index in [4.69, 9.17) is 4.74 Å². The van der Waals surface area contributed by atoms with E-state index in [0.717, 1.165) is 29.7 Å². The summed E-state index contributed by atoms with van der Waals surface area (Å²) >= 11 is 0. The van der Waals surface area contributed by atoms with Gasteiger partial charge in [-0.2, -0.15) is 0 Å². The Balaban J connectivity index is 1.53. The van der Waals surface area contributed by atoms with Gasteiger partial charge in [-0.1, -0.05) is 48.5 Å². The van der Waals surface area contributed by atoms with E-state index in [9.17, 15) is 13.2 Å². The van der Waals surface area contributed by atoms with Gasteiger partial charge >= 0.3 is 0 Å². The lowest BCUT2D eigenvalue weighted by Gasteiger charge is -2.25. The van der Waals surface area contributed by atoms with Gasteiger partial charge in [-0.25, -0.2) is 13.1 Å². The van der Waals surface area contributed by atoms with Crippen LogP contribution in [0.5, 0.6) is 5.75 Å². The maximum Gasteiger partial charge on any atom is 0.254 e. The van der Waals surface area contributed by atoms with Crippen LogP contribution in [0.3, 0.4) is 0 Å². The number of ether oxygens (including phenoxy) is 1. The van der Waals surface area contributed by atoms with E-state index in [1.807, 2.05) is 59.5 Å². The van der Waals surface area contributed by atoms with Crippen molar-refractivity contribution in [3.05, 3.63) is 95.6 Å². The maximum atomic E-state index is 13.3. The monoisotopic (exact) mass is 450 g/mol. The molecule has 1 N–H and O–H groups in total. The van der Waals surface area contributed by atoms with Crippen LogP contribution in [-0.4, -0.2) is 32.9 Å². The first-order valence-electron chi connectivity index (χ1n) is 10.6. The molecule has 1 aliphatic heterocycles. The maximum absolute atomic E-state index is 13.3. The molecule has 0 radical (unpaired) electrons. The molecule has 0 bridgehead atoms. The molecule has 1 unspecified atom stereocenters. The summed E-state index contributed by atoms with van der Waals surface area (Å²) in [5.41, 5.74) is 2.24. The standard InChI is InChI=1S/C25H26N2O4S/c1-31-22-12-5-10-20(16-22)24-14-7-15-27(24)25(28)21-11-6-13-23(17-21)32(29,30)26-18-19-8-3-2-4-9-19/h2-6,8-13,16-17,24,26H,7,14-15,18H2,1H3. The first-order chi connectivity index (χ1) is 15.5. The lowest BCUT2D eigenvalue weighted by molar-refractivity contribution is 0.0735. The molecule has 6 nitrogen and oxygen atoms in total. The van der Waals surface area contributed by atoms with E-state index in [-0.39, 0.29) is 23.4 Å². The largest absolute Gasteiger partial charge is 0.497 e. The molecule has 4 rings (SSSR count). The molecule has 1 fully saturated rings. The van der Waals surface area contributed by atoms with Crippen LogP contribution < -0.4 is 9.46 Å². The molecule has 1 heterocycles. The lowest BCUT2D eigenvalue weighted by Crippen LogP contribution is -2.31. The molecule has 3 aromatic rings. The zero-order valence-electron chi connectivity index (χ0n) is 17.9. The fraction of sp³-hybridized carbons (Fsp3) is 0.240.